The second-order valence-corrected chi connectivity index (χ2v) is 1.26. The van der Waals surface area contributed by atoms with Gasteiger partial charge >= 0.3 is 0 Å². The summed E-state index contributed by atoms with van der Waals surface area (Å²) in [5.41, 5.74) is 5.10. The van der Waals surface area contributed by atoms with Gasteiger partial charge in [0.1, 0.15) is 0 Å². The molecule has 0 aromatic heterocycles. The Hall–Kier alpha value is 0.504. The standard InChI is InChI=1S/C3H10N2.CH4.V/c1-5(2)3-4;;/h3-4H2,1-2H3;1H4;. The van der Waals surface area contributed by atoms with Crippen LogP contribution >= 0.6 is 0 Å². The Morgan fingerprint density at radius 2 is 1.57 bits per heavy atom. The maximum atomic E-state index is 5.10. The van der Waals surface area contributed by atoms with Gasteiger partial charge in [-0.1, -0.05) is 7.43 Å². The average molecular weight is 141 g/mol. The molecule has 1 radical (unpaired) electrons. The molecule has 0 bridgehead atoms. The first-order valence-corrected chi connectivity index (χ1v) is 1.62. The van der Waals surface area contributed by atoms with Gasteiger partial charge < -0.3 is 5.73 Å². The van der Waals surface area contributed by atoms with Crippen LogP contribution in [0.4, 0.5) is 0 Å². The van der Waals surface area contributed by atoms with E-state index in [1.165, 1.54) is 0 Å². The molecular weight excluding hydrogens is 127 g/mol. The van der Waals surface area contributed by atoms with Gasteiger partial charge in [-0.2, -0.15) is 0 Å². The van der Waals surface area contributed by atoms with Crippen LogP contribution in [0.15, 0.2) is 0 Å². The van der Waals surface area contributed by atoms with Crippen LogP contribution in [0.25, 0.3) is 0 Å². The molecule has 0 amide bonds. The van der Waals surface area contributed by atoms with Crippen LogP contribution < -0.4 is 5.73 Å². The van der Waals surface area contributed by atoms with Gasteiger partial charge in [0, 0.05) is 25.2 Å². The minimum Gasteiger partial charge on any atom is -0.318 e. The third-order valence-electron chi connectivity index (χ3n) is 0.365. The Morgan fingerprint density at radius 1 is 1.43 bits per heavy atom. The zero-order valence-corrected chi connectivity index (χ0v) is 5.58. The second kappa shape index (κ2) is 9.71. The van der Waals surface area contributed by atoms with Gasteiger partial charge in [-0.25, -0.2) is 0 Å². The summed E-state index contributed by atoms with van der Waals surface area (Å²) in [5, 5.41) is 0. The third kappa shape index (κ3) is 21.0. The van der Waals surface area contributed by atoms with E-state index in [-0.39, 0.29) is 26.0 Å². The Bertz CT molecular complexity index is 23.7. The van der Waals surface area contributed by atoms with Crippen LogP contribution in [0.1, 0.15) is 7.43 Å². The molecule has 0 saturated heterocycles. The smallest absolute Gasteiger partial charge is 0.0449 e. The minimum atomic E-state index is 0. The fourth-order valence-electron chi connectivity index (χ4n) is 0. The molecule has 0 fully saturated rings. The molecule has 0 saturated carbocycles. The molecule has 0 aromatic carbocycles. The SMILES string of the molecule is C.CN(C)CN.[V]. The van der Waals surface area contributed by atoms with Crippen molar-refractivity contribution in [2.75, 3.05) is 20.8 Å². The first-order valence-electron chi connectivity index (χ1n) is 1.62. The normalized spacial score (nSPS) is 6.86. The zero-order valence-electron chi connectivity index (χ0n) is 4.18. The Balaban J connectivity index is -0.0000000800. The van der Waals surface area contributed by atoms with Crippen molar-refractivity contribution in [1.82, 2.24) is 4.90 Å². The number of hydrogen-bond donors (Lipinski definition) is 1. The van der Waals surface area contributed by atoms with Gasteiger partial charge in [0.25, 0.3) is 0 Å². The zero-order chi connectivity index (χ0) is 4.28. The van der Waals surface area contributed by atoms with Gasteiger partial charge in [0.05, 0.1) is 0 Å². The van der Waals surface area contributed by atoms with Crippen molar-refractivity contribution in [3.63, 3.8) is 0 Å². The summed E-state index contributed by atoms with van der Waals surface area (Å²) in [6.45, 7) is 0.639. The molecule has 0 aliphatic heterocycles. The van der Waals surface area contributed by atoms with Crippen molar-refractivity contribution in [3.05, 3.63) is 0 Å². The maximum Gasteiger partial charge on any atom is 0.0449 e. The summed E-state index contributed by atoms with van der Waals surface area (Å²) < 4.78 is 0. The number of hydrogen-bond acceptors (Lipinski definition) is 2. The minimum absolute atomic E-state index is 0. The van der Waals surface area contributed by atoms with Crippen LogP contribution in [-0.2, 0) is 18.6 Å². The second-order valence-electron chi connectivity index (χ2n) is 1.26. The molecule has 7 heavy (non-hydrogen) atoms. The molecule has 2 N–H and O–H groups in total. The predicted octanol–water partition coefficient (Wildman–Crippen LogP) is 0.0978. The van der Waals surface area contributed by atoms with E-state index in [4.69, 9.17) is 5.73 Å². The Morgan fingerprint density at radius 3 is 1.57 bits per heavy atom. The van der Waals surface area contributed by atoms with E-state index in [1.807, 2.05) is 19.0 Å². The predicted molar refractivity (Wildman–Crippen MR) is 29.5 cm³/mol. The molecule has 0 rings (SSSR count). The van der Waals surface area contributed by atoms with Crippen LogP contribution in [0.2, 0.25) is 0 Å². The quantitative estimate of drug-likeness (QED) is 0.524. The van der Waals surface area contributed by atoms with Crippen molar-refractivity contribution in [2.24, 2.45) is 5.73 Å². The van der Waals surface area contributed by atoms with Gasteiger partial charge in [0.2, 0.25) is 0 Å². The molecule has 0 aliphatic rings. The molecule has 0 heterocycles. The number of nitrogens with two attached hydrogens (primary N) is 1. The topological polar surface area (TPSA) is 29.3 Å². The Labute approximate surface area is 57.9 Å². The van der Waals surface area contributed by atoms with Crippen molar-refractivity contribution >= 4 is 0 Å². The van der Waals surface area contributed by atoms with E-state index in [2.05, 4.69) is 0 Å². The molecule has 2 nitrogen and oxygen atoms in total. The molecular formula is C4H14N2V. The maximum absolute atomic E-state index is 5.10. The summed E-state index contributed by atoms with van der Waals surface area (Å²) in [5.74, 6) is 0. The largest absolute Gasteiger partial charge is 0.318 e. The van der Waals surface area contributed by atoms with E-state index in [0.29, 0.717) is 6.67 Å². The van der Waals surface area contributed by atoms with Gasteiger partial charge in [-0.15, -0.1) is 0 Å². The molecule has 45 valence electrons. The van der Waals surface area contributed by atoms with E-state index in [1.54, 1.807) is 0 Å². The molecule has 3 heteroatoms. The summed E-state index contributed by atoms with van der Waals surface area (Å²) in [7, 11) is 3.86. The van der Waals surface area contributed by atoms with Crippen LogP contribution in [-0.4, -0.2) is 25.7 Å². The molecule has 0 spiro atoms. The van der Waals surface area contributed by atoms with Crippen molar-refractivity contribution in [1.29, 1.82) is 0 Å². The average Bonchev–Trinajstić information content (AvgIpc) is 1.38. The van der Waals surface area contributed by atoms with Crippen molar-refractivity contribution < 1.29 is 18.6 Å². The van der Waals surface area contributed by atoms with Gasteiger partial charge in [-0.05, 0) is 14.1 Å². The molecule has 0 unspecified atom stereocenters. The summed E-state index contributed by atoms with van der Waals surface area (Å²) in [6.07, 6.45) is 0. The van der Waals surface area contributed by atoms with E-state index < -0.39 is 0 Å². The molecule has 0 aromatic rings. The first-order chi connectivity index (χ1) is 2.27. The summed E-state index contributed by atoms with van der Waals surface area (Å²) in [6, 6.07) is 0. The fraction of sp³-hybridized carbons (Fsp3) is 1.00. The third-order valence-corrected chi connectivity index (χ3v) is 0.365. The number of rotatable bonds is 1. The van der Waals surface area contributed by atoms with Crippen molar-refractivity contribution in [2.45, 2.75) is 7.43 Å². The number of nitrogens with zero attached hydrogens (tertiary/aromatic N) is 1. The van der Waals surface area contributed by atoms with Gasteiger partial charge in [-0.3, -0.25) is 4.90 Å². The van der Waals surface area contributed by atoms with Crippen molar-refractivity contribution in [3.8, 4) is 0 Å². The Kier molecular flexibility index (Phi) is 21.7. The van der Waals surface area contributed by atoms with E-state index in [9.17, 15) is 0 Å². The van der Waals surface area contributed by atoms with Gasteiger partial charge in [0.15, 0.2) is 0 Å². The molecule has 0 aliphatic carbocycles. The fourth-order valence-corrected chi connectivity index (χ4v) is 0. The van der Waals surface area contributed by atoms with E-state index >= 15 is 0 Å². The molecule has 0 atom stereocenters. The van der Waals surface area contributed by atoms with Crippen LogP contribution in [0.5, 0.6) is 0 Å². The summed E-state index contributed by atoms with van der Waals surface area (Å²) in [4.78, 5) is 1.90. The first kappa shape index (κ1) is 15.6. The van der Waals surface area contributed by atoms with Crippen LogP contribution in [0, 0.1) is 0 Å². The van der Waals surface area contributed by atoms with E-state index in [0.717, 1.165) is 0 Å². The monoisotopic (exact) mass is 141 g/mol. The van der Waals surface area contributed by atoms with Crippen LogP contribution in [0.3, 0.4) is 0 Å². The summed E-state index contributed by atoms with van der Waals surface area (Å²) >= 11 is 0.